The predicted octanol–water partition coefficient (Wildman–Crippen LogP) is 2.96. The molecule has 0 aliphatic carbocycles. The Labute approximate surface area is 144 Å². The van der Waals surface area contributed by atoms with Crippen LogP contribution in [0.4, 0.5) is 0 Å². The Morgan fingerprint density at radius 2 is 1.58 bits per heavy atom. The van der Waals surface area contributed by atoms with E-state index in [-0.39, 0.29) is 0 Å². The second-order valence-electron chi connectivity index (χ2n) is 6.10. The monoisotopic (exact) mass is 325 g/mol. The van der Waals surface area contributed by atoms with Crippen molar-refractivity contribution >= 4 is 0 Å². The third-order valence-corrected chi connectivity index (χ3v) is 4.42. The number of piperazine rings is 1. The zero-order chi connectivity index (χ0) is 16.9. The molecule has 0 unspecified atom stereocenters. The van der Waals surface area contributed by atoms with Gasteiger partial charge in [0.05, 0.1) is 19.8 Å². The molecule has 0 bridgehead atoms. The van der Waals surface area contributed by atoms with Crippen LogP contribution in [0.1, 0.15) is 11.1 Å². The quantitative estimate of drug-likeness (QED) is 0.916. The van der Waals surface area contributed by atoms with E-state index in [1.165, 1.54) is 5.56 Å². The summed E-state index contributed by atoms with van der Waals surface area (Å²) in [5.74, 6) is 1.69. The molecule has 2 aromatic rings. The van der Waals surface area contributed by atoms with Gasteiger partial charge in [-0.3, -0.25) is 4.90 Å². The molecule has 1 heterocycles. The molecular weight excluding hydrogens is 300 g/mol. The lowest BCUT2D eigenvalue weighted by Crippen LogP contribution is -2.42. The van der Waals surface area contributed by atoms with Crippen molar-refractivity contribution in [2.24, 2.45) is 0 Å². The van der Waals surface area contributed by atoms with Crippen LogP contribution < -0.4 is 14.8 Å². The predicted molar refractivity (Wildman–Crippen MR) is 97.6 cm³/mol. The normalized spacial score (nSPS) is 15.3. The summed E-state index contributed by atoms with van der Waals surface area (Å²) in [5, 5.41) is 3.38. The second kappa shape index (κ2) is 7.69. The molecule has 4 heteroatoms. The highest BCUT2D eigenvalue weighted by molar-refractivity contribution is 5.77. The summed E-state index contributed by atoms with van der Waals surface area (Å²) >= 11 is 0. The maximum atomic E-state index is 5.68. The number of methoxy groups -OCH3 is 2. The number of hydrogen-bond acceptors (Lipinski definition) is 4. The molecule has 0 atom stereocenters. The van der Waals surface area contributed by atoms with Crippen molar-refractivity contribution in [1.29, 1.82) is 0 Å². The van der Waals surface area contributed by atoms with E-state index >= 15 is 0 Å². The van der Waals surface area contributed by atoms with Crippen molar-refractivity contribution < 1.29 is 9.47 Å². The molecule has 4 nitrogen and oxygen atoms in total. The molecule has 3 rings (SSSR count). The first-order valence-electron chi connectivity index (χ1n) is 8.31. The maximum Gasteiger partial charge on any atom is 0.130 e. The molecule has 1 aliphatic rings. The van der Waals surface area contributed by atoms with Gasteiger partial charge in [0.2, 0.25) is 0 Å². The van der Waals surface area contributed by atoms with E-state index in [0.717, 1.165) is 60.9 Å². The summed E-state index contributed by atoms with van der Waals surface area (Å²) < 4.78 is 11.4. The molecule has 2 aromatic carbocycles. The number of ether oxygens (including phenoxy) is 2. The SMILES string of the molecule is [CH2]c1ccc(-c2c(OC)cc(CN3CCNCC3)cc2OC)cc1. The van der Waals surface area contributed by atoms with Crippen molar-refractivity contribution in [3.63, 3.8) is 0 Å². The molecule has 1 radical (unpaired) electrons. The molecule has 0 amide bonds. The average Bonchev–Trinajstić information content (AvgIpc) is 2.62. The minimum absolute atomic E-state index is 0.844. The second-order valence-corrected chi connectivity index (χ2v) is 6.10. The van der Waals surface area contributed by atoms with Gasteiger partial charge < -0.3 is 14.8 Å². The van der Waals surface area contributed by atoms with Gasteiger partial charge in [0.25, 0.3) is 0 Å². The summed E-state index contributed by atoms with van der Waals surface area (Å²) in [5.41, 5.74) is 4.27. The summed E-state index contributed by atoms with van der Waals surface area (Å²) in [4.78, 5) is 2.45. The van der Waals surface area contributed by atoms with Gasteiger partial charge in [-0.05, 0) is 35.7 Å². The summed E-state index contributed by atoms with van der Waals surface area (Å²) in [6.07, 6.45) is 0. The van der Waals surface area contributed by atoms with Gasteiger partial charge in [-0.1, -0.05) is 24.3 Å². The molecule has 1 fully saturated rings. The van der Waals surface area contributed by atoms with Crippen LogP contribution in [0.15, 0.2) is 36.4 Å². The third-order valence-electron chi connectivity index (χ3n) is 4.42. The van der Waals surface area contributed by atoms with Crippen LogP contribution in [-0.2, 0) is 6.54 Å². The van der Waals surface area contributed by atoms with Crippen LogP contribution in [0, 0.1) is 6.92 Å². The lowest BCUT2D eigenvalue weighted by Gasteiger charge is -2.27. The third kappa shape index (κ3) is 3.71. The summed E-state index contributed by atoms with van der Waals surface area (Å²) in [6.45, 7) is 9.08. The molecule has 1 aliphatic heterocycles. The highest BCUT2D eigenvalue weighted by Crippen LogP contribution is 2.39. The summed E-state index contributed by atoms with van der Waals surface area (Å²) in [7, 11) is 3.42. The maximum absolute atomic E-state index is 5.68. The van der Waals surface area contributed by atoms with Gasteiger partial charge in [-0.25, -0.2) is 0 Å². The Hall–Kier alpha value is -2.04. The fourth-order valence-corrected chi connectivity index (χ4v) is 3.14. The molecule has 0 aromatic heterocycles. The van der Waals surface area contributed by atoms with Crippen LogP contribution in [0.5, 0.6) is 11.5 Å². The van der Waals surface area contributed by atoms with Crippen molar-refractivity contribution in [1.82, 2.24) is 10.2 Å². The van der Waals surface area contributed by atoms with Crippen molar-refractivity contribution in [2.75, 3.05) is 40.4 Å². The van der Waals surface area contributed by atoms with Gasteiger partial charge in [-0.15, -0.1) is 0 Å². The topological polar surface area (TPSA) is 33.7 Å². The first-order valence-corrected chi connectivity index (χ1v) is 8.31. The Morgan fingerprint density at radius 1 is 1.00 bits per heavy atom. The fourth-order valence-electron chi connectivity index (χ4n) is 3.14. The van der Waals surface area contributed by atoms with Crippen LogP contribution in [0.2, 0.25) is 0 Å². The lowest BCUT2D eigenvalue weighted by molar-refractivity contribution is 0.232. The first-order chi connectivity index (χ1) is 11.7. The molecule has 1 saturated heterocycles. The zero-order valence-corrected chi connectivity index (χ0v) is 14.5. The molecule has 24 heavy (non-hydrogen) atoms. The Bertz CT molecular complexity index is 652. The van der Waals surface area contributed by atoms with Crippen LogP contribution in [0.3, 0.4) is 0 Å². The number of hydrogen-bond donors (Lipinski definition) is 1. The summed E-state index contributed by atoms with van der Waals surface area (Å²) in [6, 6.07) is 12.4. The van der Waals surface area contributed by atoms with E-state index in [1.807, 2.05) is 12.1 Å². The van der Waals surface area contributed by atoms with Gasteiger partial charge in [0, 0.05) is 32.7 Å². The smallest absolute Gasteiger partial charge is 0.130 e. The number of benzene rings is 2. The molecule has 1 N–H and O–H groups in total. The van der Waals surface area contributed by atoms with Crippen molar-refractivity contribution in [2.45, 2.75) is 6.54 Å². The average molecular weight is 325 g/mol. The highest BCUT2D eigenvalue weighted by Gasteiger charge is 2.17. The van der Waals surface area contributed by atoms with Gasteiger partial charge in [-0.2, -0.15) is 0 Å². The van der Waals surface area contributed by atoms with E-state index < -0.39 is 0 Å². The Morgan fingerprint density at radius 3 is 2.12 bits per heavy atom. The van der Waals surface area contributed by atoms with Gasteiger partial charge in [0.1, 0.15) is 11.5 Å². The first kappa shape index (κ1) is 16.8. The zero-order valence-electron chi connectivity index (χ0n) is 14.5. The minimum Gasteiger partial charge on any atom is -0.496 e. The van der Waals surface area contributed by atoms with Crippen molar-refractivity contribution in [3.05, 3.63) is 54.4 Å². The van der Waals surface area contributed by atoms with Crippen LogP contribution in [-0.4, -0.2) is 45.3 Å². The molecule has 127 valence electrons. The minimum atomic E-state index is 0.844. The number of rotatable bonds is 5. The van der Waals surface area contributed by atoms with E-state index in [9.17, 15) is 0 Å². The molecule has 0 saturated carbocycles. The lowest BCUT2D eigenvalue weighted by atomic mass is 9.99. The fraction of sp³-hybridized carbons (Fsp3) is 0.350. The van der Waals surface area contributed by atoms with Crippen molar-refractivity contribution in [3.8, 4) is 22.6 Å². The van der Waals surface area contributed by atoms with E-state index in [4.69, 9.17) is 9.47 Å². The van der Waals surface area contributed by atoms with E-state index in [2.05, 4.69) is 41.4 Å². The van der Waals surface area contributed by atoms with Gasteiger partial charge in [0.15, 0.2) is 0 Å². The standard InChI is InChI=1S/C20H25N2O2/c1-15-4-6-17(7-5-15)20-18(23-2)12-16(13-19(20)24-3)14-22-10-8-21-9-11-22/h4-7,12-13,21H,1,8-11,14H2,2-3H3. The van der Waals surface area contributed by atoms with Gasteiger partial charge >= 0.3 is 0 Å². The number of nitrogens with one attached hydrogen (secondary N) is 1. The van der Waals surface area contributed by atoms with Crippen LogP contribution in [0.25, 0.3) is 11.1 Å². The molecular formula is C20H25N2O2. The Balaban J connectivity index is 1.95. The van der Waals surface area contributed by atoms with Crippen LogP contribution >= 0.6 is 0 Å². The highest BCUT2D eigenvalue weighted by atomic mass is 16.5. The molecule has 0 spiro atoms. The largest absolute Gasteiger partial charge is 0.496 e. The van der Waals surface area contributed by atoms with E-state index in [0.29, 0.717) is 0 Å². The number of nitrogens with zero attached hydrogens (tertiary/aromatic N) is 1. The Kier molecular flexibility index (Phi) is 5.38. The van der Waals surface area contributed by atoms with E-state index in [1.54, 1.807) is 14.2 Å².